The minimum Gasteiger partial charge on any atom is -0.335 e. The van der Waals surface area contributed by atoms with E-state index in [0.717, 1.165) is 12.8 Å². The number of nitriles is 1. The van der Waals surface area contributed by atoms with E-state index in [1.54, 1.807) is 6.92 Å². The molecule has 2 N–H and O–H groups in total. The molecule has 1 aliphatic rings. The second-order valence-electron chi connectivity index (χ2n) is 3.45. The van der Waals surface area contributed by atoms with Crippen molar-refractivity contribution in [1.29, 1.82) is 5.26 Å². The van der Waals surface area contributed by atoms with Gasteiger partial charge in [0, 0.05) is 6.04 Å². The third-order valence-electron chi connectivity index (χ3n) is 2.23. The van der Waals surface area contributed by atoms with E-state index in [0.29, 0.717) is 6.04 Å². The molecule has 0 bridgehead atoms. The highest BCUT2D eigenvalue weighted by atomic mass is 16.2. The van der Waals surface area contributed by atoms with Crippen molar-refractivity contribution in [3.05, 3.63) is 0 Å². The lowest BCUT2D eigenvalue weighted by Gasteiger charge is -2.13. The molecular weight excluding hydrogens is 166 g/mol. The Labute approximate surface area is 78.3 Å². The molecule has 0 heterocycles. The van der Waals surface area contributed by atoms with E-state index >= 15 is 0 Å². The largest absolute Gasteiger partial charge is 0.335 e. The maximum absolute atomic E-state index is 11.2. The van der Waals surface area contributed by atoms with Crippen LogP contribution in [0, 0.1) is 11.3 Å². The molecule has 4 nitrogen and oxygen atoms in total. The number of hydrogen-bond acceptors (Lipinski definition) is 2. The van der Waals surface area contributed by atoms with Crippen LogP contribution >= 0.6 is 0 Å². The summed E-state index contributed by atoms with van der Waals surface area (Å²) in [4.78, 5) is 11.2. The summed E-state index contributed by atoms with van der Waals surface area (Å²) in [5.74, 6) is 0. The lowest BCUT2D eigenvalue weighted by atomic mass is 10.2. The van der Waals surface area contributed by atoms with Crippen LogP contribution < -0.4 is 10.6 Å². The summed E-state index contributed by atoms with van der Waals surface area (Å²) in [5, 5.41) is 13.8. The van der Waals surface area contributed by atoms with Crippen molar-refractivity contribution >= 4 is 6.03 Å². The highest BCUT2D eigenvalue weighted by Crippen LogP contribution is 2.17. The molecule has 0 saturated heterocycles. The molecule has 1 aliphatic carbocycles. The van der Waals surface area contributed by atoms with Crippen molar-refractivity contribution in [1.82, 2.24) is 10.6 Å². The summed E-state index contributed by atoms with van der Waals surface area (Å²) >= 11 is 0. The monoisotopic (exact) mass is 181 g/mol. The first-order chi connectivity index (χ1) is 6.22. The molecule has 4 heteroatoms. The third kappa shape index (κ3) is 3.32. The maximum Gasteiger partial charge on any atom is 0.316 e. The second-order valence-corrected chi connectivity index (χ2v) is 3.45. The number of urea groups is 1. The van der Waals surface area contributed by atoms with Crippen LogP contribution in [0.3, 0.4) is 0 Å². The first-order valence-corrected chi connectivity index (χ1v) is 4.69. The van der Waals surface area contributed by atoms with Crippen molar-refractivity contribution in [3.63, 3.8) is 0 Å². The minimum absolute atomic E-state index is 0.221. The van der Waals surface area contributed by atoms with E-state index < -0.39 is 6.04 Å². The van der Waals surface area contributed by atoms with Crippen LogP contribution in [0.15, 0.2) is 0 Å². The van der Waals surface area contributed by atoms with Crippen LogP contribution in [0.25, 0.3) is 0 Å². The van der Waals surface area contributed by atoms with Gasteiger partial charge in [0.05, 0.1) is 6.07 Å². The number of amides is 2. The molecule has 1 atom stereocenters. The van der Waals surface area contributed by atoms with Gasteiger partial charge in [-0.2, -0.15) is 5.26 Å². The van der Waals surface area contributed by atoms with Gasteiger partial charge in [0.15, 0.2) is 0 Å². The second kappa shape index (κ2) is 4.70. The number of nitrogens with zero attached hydrogens (tertiary/aromatic N) is 1. The lowest BCUT2D eigenvalue weighted by molar-refractivity contribution is 0.236. The molecule has 1 unspecified atom stereocenters. The zero-order chi connectivity index (χ0) is 9.68. The SMILES string of the molecule is CC(C#N)NC(=O)NC1CCCC1. The van der Waals surface area contributed by atoms with E-state index in [9.17, 15) is 4.79 Å². The van der Waals surface area contributed by atoms with Gasteiger partial charge in [-0.25, -0.2) is 4.79 Å². The Morgan fingerprint density at radius 3 is 2.69 bits per heavy atom. The van der Waals surface area contributed by atoms with Crippen molar-refractivity contribution in [2.24, 2.45) is 0 Å². The number of nitrogens with one attached hydrogen (secondary N) is 2. The molecule has 0 spiro atoms. The van der Waals surface area contributed by atoms with E-state index in [-0.39, 0.29) is 6.03 Å². The van der Waals surface area contributed by atoms with Gasteiger partial charge in [0.1, 0.15) is 6.04 Å². The summed E-state index contributed by atoms with van der Waals surface area (Å²) in [7, 11) is 0. The van der Waals surface area contributed by atoms with Crippen molar-refractivity contribution < 1.29 is 4.79 Å². The summed E-state index contributed by atoms with van der Waals surface area (Å²) in [6, 6.07) is 1.62. The summed E-state index contributed by atoms with van der Waals surface area (Å²) in [6.07, 6.45) is 4.51. The van der Waals surface area contributed by atoms with Crippen LogP contribution in [-0.4, -0.2) is 18.1 Å². The predicted octanol–water partition coefficient (Wildman–Crippen LogP) is 1.14. The van der Waals surface area contributed by atoms with Gasteiger partial charge in [-0.15, -0.1) is 0 Å². The van der Waals surface area contributed by atoms with Crippen LogP contribution in [-0.2, 0) is 0 Å². The molecule has 0 radical (unpaired) electrons. The van der Waals surface area contributed by atoms with Crippen LogP contribution in [0.4, 0.5) is 4.79 Å². The average molecular weight is 181 g/mol. The van der Waals surface area contributed by atoms with Crippen LogP contribution in [0.5, 0.6) is 0 Å². The molecule has 0 aliphatic heterocycles. The quantitative estimate of drug-likeness (QED) is 0.671. The number of rotatable bonds is 2. The summed E-state index contributed by atoms with van der Waals surface area (Å²) in [5.41, 5.74) is 0. The lowest BCUT2D eigenvalue weighted by Crippen LogP contribution is -2.44. The zero-order valence-corrected chi connectivity index (χ0v) is 7.84. The molecule has 1 rings (SSSR count). The minimum atomic E-state index is -0.415. The Morgan fingerprint density at radius 2 is 2.15 bits per heavy atom. The smallest absolute Gasteiger partial charge is 0.316 e. The first-order valence-electron chi connectivity index (χ1n) is 4.69. The van der Waals surface area contributed by atoms with Crippen molar-refractivity contribution in [3.8, 4) is 6.07 Å². The zero-order valence-electron chi connectivity index (χ0n) is 7.84. The van der Waals surface area contributed by atoms with E-state index in [4.69, 9.17) is 5.26 Å². The first kappa shape index (κ1) is 9.85. The molecule has 0 aromatic rings. The fourth-order valence-corrected chi connectivity index (χ4v) is 1.53. The fraction of sp³-hybridized carbons (Fsp3) is 0.778. The molecule has 72 valence electrons. The molecular formula is C9H15N3O. The standard InChI is InChI=1S/C9H15N3O/c1-7(6-10)11-9(13)12-8-4-2-3-5-8/h7-8H,2-5H2,1H3,(H2,11,12,13). The van der Waals surface area contributed by atoms with Gasteiger partial charge in [-0.3, -0.25) is 0 Å². The van der Waals surface area contributed by atoms with Crippen LogP contribution in [0.1, 0.15) is 32.6 Å². The molecule has 1 fully saturated rings. The van der Waals surface area contributed by atoms with Gasteiger partial charge in [0.25, 0.3) is 0 Å². The van der Waals surface area contributed by atoms with Gasteiger partial charge >= 0.3 is 6.03 Å². The Bertz CT molecular complexity index is 215. The fourth-order valence-electron chi connectivity index (χ4n) is 1.53. The van der Waals surface area contributed by atoms with E-state index in [2.05, 4.69) is 10.6 Å². The molecule has 0 aromatic carbocycles. The van der Waals surface area contributed by atoms with Gasteiger partial charge in [-0.05, 0) is 19.8 Å². The highest BCUT2D eigenvalue weighted by molar-refractivity contribution is 5.74. The van der Waals surface area contributed by atoms with Crippen LogP contribution in [0.2, 0.25) is 0 Å². The normalized spacial score (nSPS) is 19.1. The maximum atomic E-state index is 11.2. The third-order valence-corrected chi connectivity index (χ3v) is 2.23. The molecule has 1 saturated carbocycles. The average Bonchev–Trinajstić information content (AvgIpc) is 2.56. The van der Waals surface area contributed by atoms with Gasteiger partial charge in [-0.1, -0.05) is 12.8 Å². The molecule has 0 aromatic heterocycles. The summed E-state index contributed by atoms with van der Waals surface area (Å²) in [6.45, 7) is 1.66. The van der Waals surface area contributed by atoms with E-state index in [1.165, 1.54) is 12.8 Å². The highest BCUT2D eigenvalue weighted by Gasteiger charge is 2.17. The van der Waals surface area contributed by atoms with Gasteiger partial charge < -0.3 is 10.6 Å². The van der Waals surface area contributed by atoms with E-state index in [1.807, 2.05) is 6.07 Å². The Morgan fingerprint density at radius 1 is 1.54 bits per heavy atom. The Balaban J connectivity index is 2.21. The van der Waals surface area contributed by atoms with Crippen molar-refractivity contribution in [2.75, 3.05) is 0 Å². The summed E-state index contributed by atoms with van der Waals surface area (Å²) < 4.78 is 0. The topological polar surface area (TPSA) is 64.9 Å². The number of carbonyl (C=O) groups is 1. The van der Waals surface area contributed by atoms with Crippen molar-refractivity contribution in [2.45, 2.75) is 44.7 Å². The molecule has 13 heavy (non-hydrogen) atoms. The Hall–Kier alpha value is -1.24. The number of carbonyl (C=O) groups excluding carboxylic acids is 1. The predicted molar refractivity (Wildman–Crippen MR) is 49.0 cm³/mol. The number of hydrogen-bond donors (Lipinski definition) is 2. The van der Waals surface area contributed by atoms with Gasteiger partial charge in [0.2, 0.25) is 0 Å². The Kier molecular flexibility index (Phi) is 3.56. The molecule has 2 amide bonds.